The Balaban J connectivity index is 2.64. The fourth-order valence-electron chi connectivity index (χ4n) is 1.26. The van der Waals surface area contributed by atoms with Gasteiger partial charge < -0.3 is 10.2 Å². The summed E-state index contributed by atoms with van der Waals surface area (Å²) >= 11 is 5.58. The molecule has 0 aliphatic rings. The molecule has 86 valence electrons. The molecule has 1 atom stereocenters. The van der Waals surface area contributed by atoms with Gasteiger partial charge in [0.05, 0.1) is 6.42 Å². The van der Waals surface area contributed by atoms with Crippen LogP contribution in [0.1, 0.15) is 11.1 Å². The van der Waals surface area contributed by atoms with E-state index in [1.807, 2.05) is 0 Å². The van der Waals surface area contributed by atoms with E-state index in [0.717, 1.165) is 5.56 Å². The van der Waals surface area contributed by atoms with Gasteiger partial charge in [0, 0.05) is 0 Å². The van der Waals surface area contributed by atoms with Crippen LogP contribution in [0.2, 0.25) is 0 Å². The summed E-state index contributed by atoms with van der Waals surface area (Å²) in [6.07, 6.45) is 0.188. The molecule has 0 fully saturated rings. The van der Waals surface area contributed by atoms with Crippen LogP contribution in [0.15, 0.2) is 24.3 Å². The largest absolute Gasteiger partial charge is 0.481 e. The van der Waals surface area contributed by atoms with Crippen molar-refractivity contribution < 1.29 is 19.8 Å². The van der Waals surface area contributed by atoms with Gasteiger partial charge in [0.25, 0.3) is 0 Å². The highest BCUT2D eigenvalue weighted by molar-refractivity contribution is 6.29. The maximum Gasteiger partial charge on any atom is 0.321 e. The van der Waals surface area contributed by atoms with E-state index in [0.29, 0.717) is 5.56 Å². The topological polar surface area (TPSA) is 74.6 Å². The highest BCUT2D eigenvalue weighted by Crippen LogP contribution is 2.10. The van der Waals surface area contributed by atoms with Gasteiger partial charge in [-0.1, -0.05) is 24.3 Å². The third kappa shape index (κ3) is 3.90. The molecule has 0 bridgehead atoms. The van der Waals surface area contributed by atoms with E-state index in [2.05, 4.69) is 0 Å². The van der Waals surface area contributed by atoms with Crippen LogP contribution in [0.4, 0.5) is 0 Å². The second kappa shape index (κ2) is 5.51. The molecule has 0 saturated heterocycles. The Bertz CT molecular complexity index is 385. The van der Waals surface area contributed by atoms with E-state index in [1.54, 1.807) is 24.3 Å². The maximum atomic E-state index is 10.5. The second-order valence-corrected chi connectivity index (χ2v) is 3.92. The van der Waals surface area contributed by atoms with Crippen LogP contribution in [0.5, 0.6) is 0 Å². The molecule has 0 aromatic heterocycles. The second-order valence-electron chi connectivity index (χ2n) is 3.40. The first kappa shape index (κ1) is 12.5. The molecule has 0 radical (unpaired) electrons. The highest BCUT2D eigenvalue weighted by Gasteiger charge is 2.13. The van der Waals surface area contributed by atoms with Gasteiger partial charge >= 0.3 is 11.9 Å². The van der Waals surface area contributed by atoms with Crippen LogP contribution >= 0.6 is 11.6 Å². The molecule has 4 nitrogen and oxygen atoms in total. The van der Waals surface area contributed by atoms with E-state index in [-0.39, 0.29) is 12.8 Å². The summed E-state index contributed by atoms with van der Waals surface area (Å²) in [5.41, 5.74) is 1.45. The lowest BCUT2D eigenvalue weighted by Crippen LogP contribution is -2.15. The Hall–Kier alpha value is -1.55. The molecular weight excluding hydrogens is 232 g/mol. The predicted molar refractivity (Wildman–Crippen MR) is 58.8 cm³/mol. The molecule has 0 aliphatic carbocycles. The summed E-state index contributed by atoms with van der Waals surface area (Å²) in [6.45, 7) is 0. The lowest BCUT2D eigenvalue weighted by Gasteiger charge is -2.05. The quantitative estimate of drug-likeness (QED) is 0.769. The molecule has 0 saturated carbocycles. The average molecular weight is 243 g/mol. The van der Waals surface area contributed by atoms with Crippen molar-refractivity contribution in [3.05, 3.63) is 35.4 Å². The van der Waals surface area contributed by atoms with E-state index >= 15 is 0 Å². The minimum Gasteiger partial charge on any atom is -0.481 e. The van der Waals surface area contributed by atoms with Crippen molar-refractivity contribution in [2.75, 3.05) is 0 Å². The summed E-state index contributed by atoms with van der Waals surface area (Å²) in [4.78, 5) is 20.9. The Morgan fingerprint density at radius 2 is 1.62 bits per heavy atom. The van der Waals surface area contributed by atoms with Crippen molar-refractivity contribution in [2.45, 2.75) is 18.2 Å². The first-order chi connectivity index (χ1) is 7.49. The number of carboxylic acid groups (broad SMARTS) is 2. The summed E-state index contributed by atoms with van der Waals surface area (Å²) in [5.74, 6) is -1.95. The number of alkyl halides is 1. The Labute approximate surface area is 97.5 Å². The maximum absolute atomic E-state index is 10.5. The van der Waals surface area contributed by atoms with E-state index in [1.165, 1.54) is 0 Å². The molecule has 1 rings (SSSR count). The monoisotopic (exact) mass is 242 g/mol. The summed E-state index contributed by atoms with van der Waals surface area (Å²) < 4.78 is 0. The number of halogens is 1. The van der Waals surface area contributed by atoms with Crippen LogP contribution in [-0.2, 0) is 22.4 Å². The zero-order valence-electron chi connectivity index (χ0n) is 8.39. The third-order valence-electron chi connectivity index (χ3n) is 2.06. The summed E-state index contributed by atoms with van der Waals surface area (Å²) in [6, 6.07) is 6.71. The molecule has 16 heavy (non-hydrogen) atoms. The highest BCUT2D eigenvalue weighted by atomic mass is 35.5. The number of carboxylic acids is 2. The number of aliphatic carboxylic acids is 2. The van der Waals surface area contributed by atoms with Gasteiger partial charge in [0.15, 0.2) is 0 Å². The lowest BCUT2D eigenvalue weighted by atomic mass is 10.1. The molecule has 0 amide bonds. The molecule has 1 unspecified atom stereocenters. The van der Waals surface area contributed by atoms with E-state index in [9.17, 15) is 9.59 Å². The number of hydrogen-bond donors (Lipinski definition) is 2. The average Bonchev–Trinajstić information content (AvgIpc) is 2.20. The third-order valence-corrected chi connectivity index (χ3v) is 2.40. The normalized spacial score (nSPS) is 12.1. The van der Waals surface area contributed by atoms with Gasteiger partial charge in [-0.3, -0.25) is 9.59 Å². The molecule has 0 aliphatic heterocycles. The van der Waals surface area contributed by atoms with Gasteiger partial charge in [-0.05, 0) is 17.5 Å². The molecule has 1 aromatic rings. The first-order valence-corrected chi connectivity index (χ1v) is 5.09. The summed E-state index contributed by atoms with van der Waals surface area (Å²) in [7, 11) is 0. The van der Waals surface area contributed by atoms with E-state index < -0.39 is 17.3 Å². The number of carbonyl (C=O) groups is 2. The minimum absolute atomic E-state index is 0.0382. The molecule has 0 spiro atoms. The smallest absolute Gasteiger partial charge is 0.321 e. The van der Waals surface area contributed by atoms with Crippen LogP contribution < -0.4 is 0 Å². The first-order valence-electron chi connectivity index (χ1n) is 4.65. The van der Waals surface area contributed by atoms with Gasteiger partial charge in [-0.2, -0.15) is 0 Å². The van der Waals surface area contributed by atoms with Crippen molar-refractivity contribution >= 4 is 23.5 Å². The van der Waals surface area contributed by atoms with Crippen molar-refractivity contribution in [1.82, 2.24) is 0 Å². The van der Waals surface area contributed by atoms with Gasteiger partial charge in [-0.25, -0.2) is 0 Å². The molecule has 5 heteroatoms. The van der Waals surface area contributed by atoms with Crippen molar-refractivity contribution in [1.29, 1.82) is 0 Å². The van der Waals surface area contributed by atoms with Crippen LogP contribution in [0, 0.1) is 0 Å². The fourth-order valence-corrected chi connectivity index (χ4v) is 1.44. The standard InChI is InChI=1S/C11H11ClO4/c12-9(11(15)16)5-7-1-3-8(4-2-7)6-10(13)14/h1-4,9H,5-6H2,(H,13,14)(H,15,16). The fraction of sp³-hybridized carbons (Fsp3) is 0.273. The van der Waals surface area contributed by atoms with Crippen LogP contribution in [-0.4, -0.2) is 27.5 Å². The Morgan fingerprint density at radius 3 is 2.06 bits per heavy atom. The number of benzene rings is 1. The minimum atomic E-state index is -1.06. The van der Waals surface area contributed by atoms with E-state index in [4.69, 9.17) is 21.8 Å². The number of hydrogen-bond acceptors (Lipinski definition) is 2. The van der Waals surface area contributed by atoms with Crippen molar-refractivity contribution in [3.63, 3.8) is 0 Å². The van der Waals surface area contributed by atoms with Gasteiger partial charge in [0.1, 0.15) is 5.38 Å². The summed E-state index contributed by atoms with van der Waals surface area (Å²) in [5, 5.41) is 16.2. The Kier molecular flexibility index (Phi) is 4.31. The molecular formula is C11H11ClO4. The van der Waals surface area contributed by atoms with Crippen LogP contribution in [0.25, 0.3) is 0 Å². The van der Waals surface area contributed by atoms with Gasteiger partial charge in [-0.15, -0.1) is 11.6 Å². The van der Waals surface area contributed by atoms with Crippen molar-refractivity contribution in [3.8, 4) is 0 Å². The zero-order chi connectivity index (χ0) is 12.1. The lowest BCUT2D eigenvalue weighted by molar-refractivity contribution is -0.137. The molecule has 0 heterocycles. The number of rotatable bonds is 5. The van der Waals surface area contributed by atoms with Gasteiger partial charge in [0.2, 0.25) is 0 Å². The zero-order valence-corrected chi connectivity index (χ0v) is 9.15. The SMILES string of the molecule is O=C(O)Cc1ccc(CC(Cl)C(=O)O)cc1. The Morgan fingerprint density at radius 1 is 1.12 bits per heavy atom. The van der Waals surface area contributed by atoms with Crippen LogP contribution in [0.3, 0.4) is 0 Å². The predicted octanol–water partition coefficient (Wildman–Crippen LogP) is 1.55. The van der Waals surface area contributed by atoms with Crippen molar-refractivity contribution in [2.24, 2.45) is 0 Å². The molecule has 1 aromatic carbocycles. The molecule has 2 N–H and O–H groups in total.